The van der Waals surface area contributed by atoms with E-state index >= 15 is 0 Å². The maximum atomic E-state index is 2.29. The maximum absolute atomic E-state index is 2.29. The molecule has 0 heterocycles. The van der Waals surface area contributed by atoms with E-state index < -0.39 is 21.8 Å². The molecule has 3 rings (SSSR count). The van der Waals surface area contributed by atoms with Crippen molar-refractivity contribution in [3.05, 3.63) is 91.0 Å². The molecular formula is C19H19Bi. The van der Waals surface area contributed by atoms with Gasteiger partial charge in [-0.3, -0.25) is 0 Å². The molecule has 0 unspecified atom stereocenters. The van der Waals surface area contributed by atoms with Crippen LogP contribution in [-0.2, 0) is 0 Å². The topological polar surface area (TPSA) is 0 Å². The summed E-state index contributed by atoms with van der Waals surface area (Å²) in [6.07, 6.45) is 0. The molecule has 0 spiro atoms. The summed E-state index contributed by atoms with van der Waals surface area (Å²) in [5.74, 6) is 0. The van der Waals surface area contributed by atoms with Crippen LogP contribution < -0.4 is 9.81 Å². The van der Waals surface area contributed by atoms with Crippen LogP contribution in [0.2, 0.25) is 0 Å². The van der Waals surface area contributed by atoms with Gasteiger partial charge >= 0.3 is 123 Å². The van der Waals surface area contributed by atoms with Gasteiger partial charge < -0.3 is 0 Å². The molecule has 0 aliphatic rings. The van der Waals surface area contributed by atoms with Gasteiger partial charge in [0.2, 0.25) is 0 Å². The van der Waals surface area contributed by atoms with Gasteiger partial charge in [-0.2, -0.15) is 0 Å². The Labute approximate surface area is 129 Å². The Morgan fingerprint density at radius 3 is 0.900 bits per heavy atom. The summed E-state index contributed by atoms with van der Waals surface area (Å²) in [5, 5.41) is 0. The molecule has 100 valence electrons. The summed E-state index contributed by atoms with van der Waals surface area (Å²) in [6.45, 7) is 0. The van der Waals surface area contributed by atoms with Crippen molar-refractivity contribution in [1.29, 1.82) is 0 Å². The zero-order valence-electron chi connectivity index (χ0n) is 10.6. The van der Waals surface area contributed by atoms with Crippen molar-refractivity contribution in [2.24, 2.45) is 0 Å². The molecule has 0 N–H and O–H groups in total. The van der Waals surface area contributed by atoms with E-state index in [0.717, 1.165) is 0 Å². The Hall–Kier alpha value is -1.46. The van der Waals surface area contributed by atoms with Gasteiger partial charge in [0.1, 0.15) is 0 Å². The Morgan fingerprint density at radius 1 is 0.400 bits per heavy atom. The number of rotatable bonds is 3. The molecule has 0 nitrogen and oxygen atoms in total. The standard InChI is InChI=1S/3C6H5.CH4.Bi/c3*1-2-4-6-5-3-1;;/h3*1-5H;1H4;. The summed E-state index contributed by atoms with van der Waals surface area (Å²) in [7, 11) is 0. The molecule has 0 amide bonds. The first-order valence-corrected chi connectivity index (χ1v) is 11.6. The van der Waals surface area contributed by atoms with Crippen molar-refractivity contribution < 1.29 is 0 Å². The van der Waals surface area contributed by atoms with Gasteiger partial charge in [0.05, 0.1) is 0 Å². The van der Waals surface area contributed by atoms with Crippen LogP contribution in [0.1, 0.15) is 7.43 Å². The zero-order valence-corrected chi connectivity index (χ0v) is 14.1. The Bertz CT molecular complexity index is 524. The molecule has 0 aliphatic carbocycles. The summed E-state index contributed by atoms with van der Waals surface area (Å²) in [5.41, 5.74) is 0. The fraction of sp³-hybridized carbons (Fsp3) is 0.0526. The van der Waals surface area contributed by atoms with Gasteiger partial charge in [0.25, 0.3) is 0 Å². The first-order chi connectivity index (χ1) is 9.45. The third-order valence-electron chi connectivity index (χ3n) is 3.04. The summed E-state index contributed by atoms with van der Waals surface area (Å²) >= 11 is -2.06. The molecule has 0 aliphatic heterocycles. The first-order valence-electron chi connectivity index (χ1n) is 6.40. The normalized spacial score (nSPS) is 10.1. The van der Waals surface area contributed by atoms with Crippen molar-refractivity contribution >= 4 is 31.6 Å². The Morgan fingerprint density at radius 2 is 0.650 bits per heavy atom. The third-order valence-corrected chi connectivity index (χ3v) is 12.5. The van der Waals surface area contributed by atoms with E-state index in [9.17, 15) is 0 Å². The van der Waals surface area contributed by atoms with E-state index in [1.54, 1.807) is 0 Å². The van der Waals surface area contributed by atoms with Crippen LogP contribution in [0, 0.1) is 0 Å². The van der Waals surface area contributed by atoms with Gasteiger partial charge in [-0.1, -0.05) is 7.43 Å². The van der Waals surface area contributed by atoms with Gasteiger partial charge in [-0.25, -0.2) is 0 Å². The zero-order chi connectivity index (χ0) is 12.9. The molecule has 0 bridgehead atoms. The monoisotopic (exact) mass is 456 g/mol. The average Bonchev–Trinajstić information content (AvgIpc) is 2.51. The molecule has 1 heteroatoms. The van der Waals surface area contributed by atoms with Crippen molar-refractivity contribution in [2.75, 3.05) is 0 Å². The van der Waals surface area contributed by atoms with Crippen LogP contribution >= 0.6 is 0 Å². The Kier molecular flexibility index (Phi) is 5.50. The Balaban J connectivity index is 0.00000147. The van der Waals surface area contributed by atoms with Crippen molar-refractivity contribution in [2.45, 2.75) is 7.43 Å². The van der Waals surface area contributed by atoms with Crippen LogP contribution in [0.5, 0.6) is 0 Å². The second kappa shape index (κ2) is 7.36. The summed E-state index contributed by atoms with van der Waals surface area (Å²) < 4.78 is 4.61. The van der Waals surface area contributed by atoms with Crippen molar-refractivity contribution in [3.63, 3.8) is 0 Å². The number of hydrogen-bond donors (Lipinski definition) is 0. The molecule has 0 saturated carbocycles. The predicted molar refractivity (Wildman–Crippen MR) is 90.7 cm³/mol. The number of hydrogen-bond acceptors (Lipinski definition) is 0. The minimum absolute atomic E-state index is 0. The van der Waals surface area contributed by atoms with E-state index in [2.05, 4.69) is 91.0 Å². The van der Waals surface area contributed by atoms with Crippen molar-refractivity contribution in [1.82, 2.24) is 0 Å². The van der Waals surface area contributed by atoms with Gasteiger partial charge in [0.15, 0.2) is 0 Å². The SMILES string of the molecule is C.c1cc[c]([Bi]([c]2ccccc2)[c]2ccccc2)cc1. The second-order valence-electron chi connectivity index (χ2n) is 4.34. The molecule has 0 radical (unpaired) electrons. The fourth-order valence-electron chi connectivity index (χ4n) is 2.18. The van der Waals surface area contributed by atoms with E-state index in [-0.39, 0.29) is 7.43 Å². The quantitative estimate of drug-likeness (QED) is 0.532. The van der Waals surface area contributed by atoms with E-state index in [1.165, 1.54) is 9.81 Å². The van der Waals surface area contributed by atoms with Crippen LogP contribution in [0.15, 0.2) is 91.0 Å². The minimum atomic E-state index is -2.06. The molecule has 0 saturated heterocycles. The van der Waals surface area contributed by atoms with Crippen molar-refractivity contribution in [3.8, 4) is 0 Å². The molecule has 3 aromatic carbocycles. The van der Waals surface area contributed by atoms with Gasteiger partial charge in [0, 0.05) is 0 Å². The van der Waals surface area contributed by atoms with E-state index in [1.807, 2.05) is 0 Å². The molecule has 0 aromatic heterocycles. The second-order valence-corrected chi connectivity index (χ2v) is 13.0. The average molecular weight is 456 g/mol. The van der Waals surface area contributed by atoms with Gasteiger partial charge in [-0.15, -0.1) is 0 Å². The van der Waals surface area contributed by atoms with Crippen LogP contribution in [-0.4, -0.2) is 21.8 Å². The number of benzene rings is 3. The van der Waals surface area contributed by atoms with E-state index in [4.69, 9.17) is 0 Å². The molecule has 3 aromatic rings. The molecule has 20 heavy (non-hydrogen) atoms. The third kappa shape index (κ3) is 3.35. The van der Waals surface area contributed by atoms with Crippen LogP contribution in [0.25, 0.3) is 0 Å². The van der Waals surface area contributed by atoms with Crippen LogP contribution in [0.4, 0.5) is 0 Å². The summed E-state index contributed by atoms with van der Waals surface area (Å²) in [4.78, 5) is 0. The molecule has 0 fully saturated rings. The van der Waals surface area contributed by atoms with E-state index in [0.29, 0.717) is 0 Å². The van der Waals surface area contributed by atoms with Gasteiger partial charge in [-0.05, 0) is 0 Å². The molecule has 0 atom stereocenters. The van der Waals surface area contributed by atoms with Crippen LogP contribution in [0.3, 0.4) is 0 Å². The summed E-state index contributed by atoms with van der Waals surface area (Å²) in [6, 6.07) is 33.0. The first kappa shape index (κ1) is 14.9. The molecular weight excluding hydrogens is 437 g/mol. The predicted octanol–water partition coefficient (Wildman–Crippen LogP) is 2.84. The fourth-order valence-corrected chi connectivity index (χ4v) is 11.1.